The Morgan fingerprint density at radius 3 is 2.81 bits per heavy atom. The van der Waals surface area contributed by atoms with Gasteiger partial charge in [-0.25, -0.2) is 4.98 Å². The molecule has 2 aromatic heterocycles. The topological polar surface area (TPSA) is 73.2 Å². The number of amides is 1. The van der Waals surface area contributed by atoms with Crippen molar-refractivity contribution in [3.63, 3.8) is 0 Å². The Morgan fingerprint density at radius 2 is 2.08 bits per heavy atom. The van der Waals surface area contributed by atoms with Gasteiger partial charge in [0, 0.05) is 10.4 Å². The number of carbonyl (C=O) groups is 1. The summed E-state index contributed by atoms with van der Waals surface area (Å²) in [6.45, 7) is 5.68. The van der Waals surface area contributed by atoms with E-state index in [9.17, 15) is 9.59 Å². The molecule has 0 bridgehead atoms. The van der Waals surface area contributed by atoms with Crippen molar-refractivity contribution in [3.8, 4) is 5.75 Å². The predicted octanol–water partition coefficient (Wildman–Crippen LogP) is 2.96. The second kappa shape index (κ2) is 7.29. The van der Waals surface area contributed by atoms with E-state index < -0.39 is 0 Å². The molecule has 3 rings (SSSR count). The van der Waals surface area contributed by atoms with Crippen LogP contribution in [0.4, 0.5) is 0 Å². The number of ether oxygens (including phenoxy) is 1. The molecule has 2 heterocycles. The van der Waals surface area contributed by atoms with Crippen molar-refractivity contribution in [1.29, 1.82) is 0 Å². The number of hydrogen-bond acceptors (Lipinski definition) is 5. The molecule has 1 amide bonds. The zero-order chi connectivity index (χ0) is 18.8. The summed E-state index contributed by atoms with van der Waals surface area (Å²) in [6, 6.07) is 7.28. The van der Waals surface area contributed by atoms with Crippen LogP contribution < -0.4 is 15.6 Å². The number of hydrogen-bond donors (Lipinski definition) is 1. The highest BCUT2D eigenvalue weighted by Gasteiger charge is 2.16. The smallest absolute Gasteiger partial charge is 0.262 e. The highest BCUT2D eigenvalue weighted by molar-refractivity contribution is 7.18. The van der Waals surface area contributed by atoms with Gasteiger partial charge >= 0.3 is 0 Å². The van der Waals surface area contributed by atoms with Crippen LogP contribution in [0, 0.1) is 13.8 Å². The van der Waals surface area contributed by atoms with E-state index in [4.69, 9.17) is 4.74 Å². The summed E-state index contributed by atoms with van der Waals surface area (Å²) >= 11 is 1.49. The quantitative estimate of drug-likeness (QED) is 0.748. The molecule has 6 nitrogen and oxygen atoms in total. The van der Waals surface area contributed by atoms with Crippen molar-refractivity contribution < 1.29 is 9.53 Å². The van der Waals surface area contributed by atoms with Crippen LogP contribution in [0.1, 0.15) is 29.0 Å². The average molecular weight is 371 g/mol. The standard InChI is InChI=1S/C19H21N3O3S/c1-11-13(3)26-18-17(11)19(24)22(10-20-18)9-16(23)21-12(2)14-7-5-6-8-15(14)25-4/h5-8,10,12H,9H2,1-4H3,(H,21,23)/t12-/m1/s1. The lowest BCUT2D eigenvalue weighted by Crippen LogP contribution is -2.34. The first-order valence-corrected chi connectivity index (χ1v) is 9.11. The third-order valence-corrected chi connectivity index (χ3v) is 5.57. The SMILES string of the molecule is COc1ccccc1[C@@H](C)NC(=O)Cn1cnc2sc(C)c(C)c2c1=O. The maximum absolute atomic E-state index is 12.7. The van der Waals surface area contributed by atoms with Crippen LogP contribution in [0.3, 0.4) is 0 Å². The number of rotatable bonds is 5. The van der Waals surface area contributed by atoms with Gasteiger partial charge in [0.05, 0.1) is 24.9 Å². The normalized spacial score (nSPS) is 12.2. The lowest BCUT2D eigenvalue weighted by molar-refractivity contribution is -0.122. The Bertz CT molecular complexity index is 1020. The zero-order valence-corrected chi connectivity index (χ0v) is 16.0. The molecule has 0 fully saturated rings. The summed E-state index contributed by atoms with van der Waals surface area (Å²) in [5, 5.41) is 3.51. The number of para-hydroxylation sites is 1. The molecule has 1 N–H and O–H groups in total. The average Bonchev–Trinajstić information content (AvgIpc) is 2.92. The maximum atomic E-state index is 12.7. The molecule has 0 saturated carbocycles. The van der Waals surface area contributed by atoms with Gasteiger partial charge in [0.1, 0.15) is 17.1 Å². The van der Waals surface area contributed by atoms with Gasteiger partial charge in [0.15, 0.2) is 0 Å². The molecule has 1 aromatic carbocycles. The fraction of sp³-hybridized carbons (Fsp3) is 0.316. The first-order chi connectivity index (χ1) is 12.4. The van der Waals surface area contributed by atoms with Crippen LogP contribution in [-0.4, -0.2) is 22.6 Å². The molecule has 136 valence electrons. The number of benzene rings is 1. The number of fused-ring (bicyclic) bond motifs is 1. The van der Waals surface area contributed by atoms with E-state index in [1.165, 1.54) is 22.2 Å². The summed E-state index contributed by atoms with van der Waals surface area (Å²) in [7, 11) is 1.60. The lowest BCUT2D eigenvalue weighted by atomic mass is 10.1. The van der Waals surface area contributed by atoms with E-state index in [0.29, 0.717) is 16.0 Å². The summed E-state index contributed by atoms with van der Waals surface area (Å²) < 4.78 is 6.69. The first-order valence-electron chi connectivity index (χ1n) is 8.29. The van der Waals surface area contributed by atoms with Crippen LogP contribution >= 0.6 is 11.3 Å². The van der Waals surface area contributed by atoms with E-state index in [1.54, 1.807) is 7.11 Å². The predicted molar refractivity (Wildman–Crippen MR) is 103 cm³/mol. The highest BCUT2D eigenvalue weighted by atomic mass is 32.1. The molecule has 0 aliphatic heterocycles. The molecular formula is C19H21N3O3S. The number of aryl methyl sites for hydroxylation is 2. The number of thiophene rings is 1. The minimum atomic E-state index is -0.253. The second-order valence-electron chi connectivity index (χ2n) is 6.17. The van der Waals surface area contributed by atoms with Gasteiger partial charge < -0.3 is 10.1 Å². The fourth-order valence-corrected chi connectivity index (χ4v) is 3.91. The van der Waals surface area contributed by atoms with Crippen LogP contribution in [0.15, 0.2) is 35.4 Å². The number of aromatic nitrogens is 2. The van der Waals surface area contributed by atoms with E-state index in [1.807, 2.05) is 45.0 Å². The molecule has 3 aromatic rings. The number of nitrogens with zero attached hydrogens (tertiary/aromatic N) is 2. The van der Waals surface area contributed by atoms with Crippen molar-refractivity contribution in [1.82, 2.24) is 14.9 Å². The Morgan fingerprint density at radius 1 is 1.35 bits per heavy atom. The third-order valence-electron chi connectivity index (χ3n) is 4.45. The van der Waals surface area contributed by atoms with Gasteiger partial charge in [0.2, 0.25) is 5.91 Å². The van der Waals surface area contributed by atoms with Crippen LogP contribution in [0.5, 0.6) is 5.75 Å². The Hall–Kier alpha value is -2.67. The number of nitrogens with one attached hydrogen (secondary N) is 1. The minimum absolute atomic E-state index is 0.0738. The van der Waals surface area contributed by atoms with E-state index >= 15 is 0 Å². The van der Waals surface area contributed by atoms with Crippen molar-refractivity contribution >= 4 is 27.5 Å². The van der Waals surface area contributed by atoms with Gasteiger partial charge in [-0.05, 0) is 32.4 Å². The van der Waals surface area contributed by atoms with Gasteiger partial charge in [0.25, 0.3) is 5.56 Å². The maximum Gasteiger partial charge on any atom is 0.262 e. The molecule has 7 heteroatoms. The summed E-state index contributed by atoms with van der Waals surface area (Å²) in [4.78, 5) is 31.2. The molecular weight excluding hydrogens is 350 g/mol. The second-order valence-corrected chi connectivity index (χ2v) is 7.38. The Labute approximate surface area is 155 Å². The minimum Gasteiger partial charge on any atom is -0.496 e. The Balaban J connectivity index is 1.80. The van der Waals surface area contributed by atoms with E-state index in [-0.39, 0.29) is 24.1 Å². The Kier molecular flexibility index (Phi) is 5.08. The van der Waals surface area contributed by atoms with Gasteiger partial charge in [-0.3, -0.25) is 14.2 Å². The van der Waals surface area contributed by atoms with Crippen LogP contribution in [-0.2, 0) is 11.3 Å². The molecule has 0 aliphatic rings. The van der Waals surface area contributed by atoms with E-state index in [0.717, 1.165) is 16.0 Å². The third kappa shape index (κ3) is 3.35. The van der Waals surface area contributed by atoms with Gasteiger partial charge in [-0.1, -0.05) is 18.2 Å². The number of methoxy groups -OCH3 is 1. The highest BCUT2D eigenvalue weighted by Crippen LogP contribution is 2.26. The first kappa shape index (κ1) is 18.1. The summed E-state index contributed by atoms with van der Waals surface area (Å²) in [5.74, 6) is 0.459. The zero-order valence-electron chi connectivity index (χ0n) is 15.2. The van der Waals surface area contributed by atoms with Gasteiger partial charge in [-0.15, -0.1) is 11.3 Å². The summed E-state index contributed by atoms with van der Waals surface area (Å²) in [5.41, 5.74) is 1.63. The largest absolute Gasteiger partial charge is 0.496 e. The molecule has 26 heavy (non-hydrogen) atoms. The van der Waals surface area contributed by atoms with Crippen molar-refractivity contribution in [3.05, 3.63) is 57.0 Å². The van der Waals surface area contributed by atoms with Crippen molar-refractivity contribution in [2.45, 2.75) is 33.4 Å². The molecule has 0 radical (unpaired) electrons. The molecule has 0 saturated heterocycles. The van der Waals surface area contributed by atoms with Crippen molar-refractivity contribution in [2.24, 2.45) is 0 Å². The van der Waals surface area contributed by atoms with Crippen molar-refractivity contribution in [2.75, 3.05) is 7.11 Å². The van der Waals surface area contributed by atoms with Crippen LogP contribution in [0.2, 0.25) is 0 Å². The van der Waals surface area contributed by atoms with Crippen LogP contribution in [0.25, 0.3) is 10.2 Å². The summed E-state index contributed by atoms with van der Waals surface area (Å²) in [6.07, 6.45) is 1.44. The molecule has 1 atom stereocenters. The van der Waals surface area contributed by atoms with E-state index in [2.05, 4.69) is 10.3 Å². The lowest BCUT2D eigenvalue weighted by Gasteiger charge is -2.17. The fourth-order valence-electron chi connectivity index (χ4n) is 2.93. The monoisotopic (exact) mass is 371 g/mol. The van der Waals surface area contributed by atoms with Gasteiger partial charge in [-0.2, -0.15) is 0 Å². The molecule has 0 spiro atoms. The molecule has 0 unspecified atom stereocenters. The molecule has 0 aliphatic carbocycles. The number of carbonyl (C=O) groups excluding carboxylic acids is 1.